The van der Waals surface area contributed by atoms with Crippen LogP contribution in [0.5, 0.6) is 0 Å². The molecule has 0 amide bonds. The molecule has 0 bridgehead atoms. The number of ether oxygens (including phenoxy) is 1. The molecule has 3 heteroatoms. The van der Waals surface area contributed by atoms with E-state index in [1.807, 2.05) is 0 Å². The predicted molar refractivity (Wildman–Crippen MR) is 43.4 cm³/mol. The Labute approximate surface area is 68.0 Å². The zero-order valence-electron chi connectivity index (χ0n) is 7.72. The van der Waals surface area contributed by atoms with E-state index in [4.69, 9.17) is 4.74 Å². The standard InChI is InChI=1S/C8H18O3/c1-7(2,9)5-11-6-8(3,4)10/h9-10H,5-6H2,1-4H3. The fraction of sp³-hybridized carbons (Fsp3) is 1.00. The summed E-state index contributed by atoms with van der Waals surface area (Å²) in [5, 5.41) is 18.4. The van der Waals surface area contributed by atoms with E-state index < -0.39 is 11.2 Å². The largest absolute Gasteiger partial charge is 0.388 e. The maximum atomic E-state index is 9.21. The van der Waals surface area contributed by atoms with Crippen LogP contribution < -0.4 is 0 Å². The minimum Gasteiger partial charge on any atom is -0.388 e. The Morgan fingerprint density at radius 1 is 0.909 bits per heavy atom. The van der Waals surface area contributed by atoms with Crippen molar-refractivity contribution in [2.24, 2.45) is 0 Å². The molecule has 0 aromatic rings. The van der Waals surface area contributed by atoms with Crippen molar-refractivity contribution in [2.75, 3.05) is 13.2 Å². The molecule has 0 heterocycles. The van der Waals surface area contributed by atoms with E-state index in [1.54, 1.807) is 27.7 Å². The Morgan fingerprint density at radius 2 is 1.18 bits per heavy atom. The van der Waals surface area contributed by atoms with Crippen LogP contribution in [0.3, 0.4) is 0 Å². The van der Waals surface area contributed by atoms with Gasteiger partial charge in [-0.05, 0) is 27.7 Å². The summed E-state index contributed by atoms with van der Waals surface area (Å²) in [6, 6.07) is 0. The fourth-order valence-corrected chi connectivity index (χ4v) is 0.551. The van der Waals surface area contributed by atoms with Gasteiger partial charge in [-0.15, -0.1) is 0 Å². The highest BCUT2D eigenvalue weighted by molar-refractivity contribution is 4.67. The SMILES string of the molecule is CC(C)(O)COCC(C)(C)O. The second kappa shape index (κ2) is 3.52. The third kappa shape index (κ3) is 9.88. The average molecular weight is 162 g/mol. The second-order valence-electron chi connectivity index (χ2n) is 4.12. The van der Waals surface area contributed by atoms with Crippen molar-refractivity contribution >= 4 is 0 Å². The minimum absolute atomic E-state index is 0.247. The molecular formula is C8H18O3. The van der Waals surface area contributed by atoms with Crippen LogP contribution in [0.4, 0.5) is 0 Å². The van der Waals surface area contributed by atoms with Crippen LogP contribution in [0.1, 0.15) is 27.7 Å². The van der Waals surface area contributed by atoms with Crippen LogP contribution in [0.2, 0.25) is 0 Å². The lowest BCUT2D eigenvalue weighted by atomic mass is 10.1. The molecule has 0 aromatic carbocycles. The molecule has 3 nitrogen and oxygen atoms in total. The molecule has 0 saturated heterocycles. The summed E-state index contributed by atoms with van der Waals surface area (Å²) in [5.41, 5.74) is -1.63. The molecule has 0 aromatic heterocycles. The molecule has 0 unspecified atom stereocenters. The van der Waals surface area contributed by atoms with Crippen LogP contribution in [0.25, 0.3) is 0 Å². The van der Waals surface area contributed by atoms with E-state index in [-0.39, 0.29) is 13.2 Å². The maximum Gasteiger partial charge on any atom is 0.0824 e. The normalized spacial score (nSPS) is 13.6. The van der Waals surface area contributed by atoms with E-state index in [9.17, 15) is 10.2 Å². The minimum atomic E-state index is -0.814. The summed E-state index contributed by atoms with van der Waals surface area (Å²) in [4.78, 5) is 0. The van der Waals surface area contributed by atoms with E-state index in [0.717, 1.165) is 0 Å². The molecule has 0 fully saturated rings. The number of hydrogen-bond acceptors (Lipinski definition) is 3. The van der Waals surface area contributed by atoms with Crippen molar-refractivity contribution in [2.45, 2.75) is 38.9 Å². The van der Waals surface area contributed by atoms with Gasteiger partial charge in [0.25, 0.3) is 0 Å². The molecule has 0 spiro atoms. The van der Waals surface area contributed by atoms with Gasteiger partial charge >= 0.3 is 0 Å². The van der Waals surface area contributed by atoms with Gasteiger partial charge in [0, 0.05) is 0 Å². The highest BCUT2D eigenvalue weighted by Gasteiger charge is 2.17. The highest BCUT2D eigenvalue weighted by atomic mass is 16.5. The topological polar surface area (TPSA) is 49.7 Å². The Kier molecular flexibility index (Phi) is 3.48. The van der Waals surface area contributed by atoms with Gasteiger partial charge in [-0.25, -0.2) is 0 Å². The van der Waals surface area contributed by atoms with Gasteiger partial charge in [-0.2, -0.15) is 0 Å². The van der Waals surface area contributed by atoms with Crippen molar-refractivity contribution < 1.29 is 14.9 Å². The van der Waals surface area contributed by atoms with E-state index in [0.29, 0.717) is 0 Å². The molecule has 68 valence electrons. The fourth-order valence-electron chi connectivity index (χ4n) is 0.551. The Hall–Kier alpha value is -0.120. The summed E-state index contributed by atoms with van der Waals surface area (Å²) in [7, 11) is 0. The second-order valence-corrected chi connectivity index (χ2v) is 4.12. The van der Waals surface area contributed by atoms with E-state index in [1.165, 1.54) is 0 Å². The molecule has 0 atom stereocenters. The van der Waals surface area contributed by atoms with Crippen LogP contribution in [0, 0.1) is 0 Å². The molecule has 2 N–H and O–H groups in total. The summed E-state index contributed by atoms with van der Waals surface area (Å²) < 4.78 is 5.06. The molecule has 0 radical (unpaired) electrons. The summed E-state index contributed by atoms with van der Waals surface area (Å²) >= 11 is 0. The van der Waals surface area contributed by atoms with Gasteiger partial charge in [0.1, 0.15) is 0 Å². The van der Waals surface area contributed by atoms with Gasteiger partial charge in [0.05, 0.1) is 24.4 Å². The predicted octanol–water partition coefficient (Wildman–Crippen LogP) is 0.545. The van der Waals surface area contributed by atoms with Crippen molar-refractivity contribution in [3.05, 3.63) is 0 Å². The zero-order valence-corrected chi connectivity index (χ0v) is 7.72. The first-order valence-corrected chi connectivity index (χ1v) is 3.73. The van der Waals surface area contributed by atoms with Crippen molar-refractivity contribution in [1.82, 2.24) is 0 Å². The Morgan fingerprint density at radius 3 is 1.36 bits per heavy atom. The molecular weight excluding hydrogens is 144 g/mol. The first kappa shape index (κ1) is 10.9. The van der Waals surface area contributed by atoms with E-state index in [2.05, 4.69) is 0 Å². The van der Waals surface area contributed by atoms with Crippen molar-refractivity contribution in [1.29, 1.82) is 0 Å². The summed E-state index contributed by atoms with van der Waals surface area (Å²) in [5.74, 6) is 0. The van der Waals surface area contributed by atoms with Crippen LogP contribution in [-0.4, -0.2) is 34.6 Å². The lowest BCUT2D eigenvalue weighted by Gasteiger charge is -2.21. The lowest BCUT2D eigenvalue weighted by Crippen LogP contribution is -2.32. The van der Waals surface area contributed by atoms with Gasteiger partial charge in [0.15, 0.2) is 0 Å². The number of aliphatic hydroxyl groups is 2. The van der Waals surface area contributed by atoms with Crippen molar-refractivity contribution in [3.63, 3.8) is 0 Å². The zero-order chi connectivity index (χ0) is 9.12. The molecule has 0 aliphatic rings. The molecule has 0 aliphatic carbocycles. The van der Waals surface area contributed by atoms with Crippen LogP contribution in [0.15, 0.2) is 0 Å². The third-order valence-electron chi connectivity index (χ3n) is 0.911. The first-order chi connectivity index (χ1) is 4.71. The maximum absolute atomic E-state index is 9.21. The summed E-state index contributed by atoms with van der Waals surface area (Å²) in [6.45, 7) is 7.15. The smallest absolute Gasteiger partial charge is 0.0824 e. The number of rotatable bonds is 4. The van der Waals surface area contributed by atoms with E-state index >= 15 is 0 Å². The lowest BCUT2D eigenvalue weighted by molar-refractivity contribution is -0.0712. The molecule has 0 aliphatic heterocycles. The third-order valence-corrected chi connectivity index (χ3v) is 0.911. The Bertz CT molecular complexity index is 93.5. The summed E-state index contributed by atoms with van der Waals surface area (Å²) in [6.07, 6.45) is 0. The van der Waals surface area contributed by atoms with Gasteiger partial charge in [-0.3, -0.25) is 0 Å². The molecule has 0 saturated carbocycles. The average Bonchev–Trinajstić information content (AvgIpc) is 1.55. The number of hydrogen-bond donors (Lipinski definition) is 2. The monoisotopic (exact) mass is 162 g/mol. The van der Waals surface area contributed by atoms with Crippen LogP contribution >= 0.6 is 0 Å². The van der Waals surface area contributed by atoms with Gasteiger partial charge in [-0.1, -0.05) is 0 Å². The molecule has 11 heavy (non-hydrogen) atoms. The highest BCUT2D eigenvalue weighted by Crippen LogP contribution is 2.05. The quantitative estimate of drug-likeness (QED) is 0.634. The van der Waals surface area contributed by atoms with Gasteiger partial charge in [0.2, 0.25) is 0 Å². The van der Waals surface area contributed by atoms with Gasteiger partial charge < -0.3 is 14.9 Å². The van der Waals surface area contributed by atoms with Crippen LogP contribution in [-0.2, 0) is 4.74 Å². The first-order valence-electron chi connectivity index (χ1n) is 3.73. The Balaban J connectivity index is 3.44. The van der Waals surface area contributed by atoms with Crippen molar-refractivity contribution in [3.8, 4) is 0 Å². The molecule has 0 rings (SSSR count).